The fourth-order valence-corrected chi connectivity index (χ4v) is 8.98. The van der Waals surface area contributed by atoms with E-state index in [1.165, 1.54) is 22.7 Å². The molecule has 0 amide bonds. The van der Waals surface area contributed by atoms with Crippen molar-refractivity contribution < 1.29 is 8.78 Å². The quantitative estimate of drug-likeness (QED) is 0.142. The Hall–Kier alpha value is -3.92. The lowest BCUT2D eigenvalue weighted by atomic mass is 9.97. The van der Waals surface area contributed by atoms with Crippen LogP contribution in [0.3, 0.4) is 0 Å². The standard InChI is InChI=1S/C40H38F2N4S3/c1-7-21(3)17-25-9-11-27(29(41)19-25)31-13-15-33(47-31)35-37-38(44-24(6)23(5)43-37)36(40-39(35)45-49-46-40)34-16-14-32(48-34)28-12-10-26(20-30(28)42)18-22(4)8-2/h9-16,19-22H,7-8,17-18H2,1-6H3. The molecular weight excluding hydrogens is 671 g/mol. The van der Waals surface area contributed by atoms with Crippen molar-refractivity contribution in [3.63, 3.8) is 0 Å². The highest BCUT2D eigenvalue weighted by atomic mass is 32.1. The number of aromatic nitrogens is 4. The van der Waals surface area contributed by atoms with Gasteiger partial charge in [-0.2, -0.15) is 8.75 Å². The fraction of sp³-hybridized carbons (Fsp3) is 0.300. The summed E-state index contributed by atoms with van der Waals surface area (Å²) in [5, 5.41) is 0. The smallest absolute Gasteiger partial charge is 0.132 e. The highest BCUT2D eigenvalue weighted by Gasteiger charge is 2.25. The first-order chi connectivity index (χ1) is 23.6. The minimum atomic E-state index is -0.212. The van der Waals surface area contributed by atoms with Gasteiger partial charge in [0.2, 0.25) is 0 Å². The Kier molecular flexibility index (Phi) is 9.43. The van der Waals surface area contributed by atoms with E-state index in [0.29, 0.717) is 23.0 Å². The predicted octanol–water partition coefficient (Wildman–Crippen LogP) is 12.5. The van der Waals surface area contributed by atoms with Crippen LogP contribution in [0.15, 0.2) is 60.7 Å². The van der Waals surface area contributed by atoms with E-state index >= 15 is 8.78 Å². The number of rotatable bonds is 10. The summed E-state index contributed by atoms with van der Waals surface area (Å²) in [6, 6.07) is 19.2. The van der Waals surface area contributed by atoms with Crippen molar-refractivity contribution in [2.75, 3.05) is 0 Å². The van der Waals surface area contributed by atoms with E-state index in [1.807, 2.05) is 62.4 Å². The molecular formula is C40H38F2N4S3. The number of aryl methyl sites for hydroxylation is 2. The van der Waals surface area contributed by atoms with Gasteiger partial charge >= 0.3 is 0 Å². The van der Waals surface area contributed by atoms with Crippen LogP contribution in [-0.4, -0.2) is 18.7 Å². The van der Waals surface area contributed by atoms with E-state index in [4.69, 9.17) is 18.7 Å². The van der Waals surface area contributed by atoms with Crippen LogP contribution in [0.25, 0.3) is 63.8 Å². The molecule has 0 fully saturated rings. The van der Waals surface area contributed by atoms with Crippen LogP contribution in [0.2, 0.25) is 0 Å². The van der Waals surface area contributed by atoms with Crippen LogP contribution < -0.4 is 0 Å². The fourth-order valence-electron chi connectivity index (χ4n) is 6.26. The SMILES string of the molecule is CCC(C)Cc1ccc(-c2ccc(-c3c4nsnc4c(-c4ccc(-c5ccc(CC(C)CC)cc5F)s4)c4nc(C)c(C)nc34)s2)c(F)c1. The summed E-state index contributed by atoms with van der Waals surface area (Å²) in [4.78, 5) is 13.7. The third kappa shape index (κ3) is 6.44. The molecule has 0 bridgehead atoms. The highest BCUT2D eigenvalue weighted by molar-refractivity contribution is 7.19. The number of benzene rings is 3. The molecule has 3 aromatic carbocycles. The average Bonchev–Trinajstić information content (AvgIpc) is 3.87. The number of hydrogen-bond acceptors (Lipinski definition) is 7. The molecule has 250 valence electrons. The van der Waals surface area contributed by atoms with Crippen molar-refractivity contribution in [1.29, 1.82) is 0 Å². The van der Waals surface area contributed by atoms with Gasteiger partial charge in [0.15, 0.2) is 0 Å². The van der Waals surface area contributed by atoms with E-state index < -0.39 is 0 Å². The first kappa shape index (κ1) is 33.6. The van der Waals surface area contributed by atoms with Crippen LogP contribution in [0, 0.1) is 37.3 Å². The summed E-state index contributed by atoms with van der Waals surface area (Å²) in [5.41, 5.74) is 9.48. The molecule has 7 aromatic rings. The minimum absolute atomic E-state index is 0.212. The maximum absolute atomic E-state index is 15.5. The largest absolute Gasteiger partial charge is 0.249 e. The molecule has 4 heterocycles. The van der Waals surface area contributed by atoms with Crippen LogP contribution in [0.1, 0.15) is 63.1 Å². The summed E-state index contributed by atoms with van der Waals surface area (Å²) in [5.74, 6) is 0.586. The van der Waals surface area contributed by atoms with Crippen molar-refractivity contribution in [3.05, 3.63) is 94.8 Å². The Balaban J connectivity index is 1.33. The third-order valence-electron chi connectivity index (χ3n) is 9.61. The second-order valence-electron chi connectivity index (χ2n) is 13.2. The average molecular weight is 709 g/mol. The molecule has 0 aliphatic carbocycles. The lowest BCUT2D eigenvalue weighted by Crippen LogP contribution is -1.98. The Morgan fingerprint density at radius 1 is 0.571 bits per heavy atom. The molecule has 0 radical (unpaired) electrons. The van der Waals surface area contributed by atoms with Gasteiger partial charge in [0.1, 0.15) is 33.7 Å². The van der Waals surface area contributed by atoms with Crippen molar-refractivity contribution >= 4 is 56.5 Å². The van der Waals surface area contributed by atoms with Crippen molar-refractivity contribution in [2.45, 2.75) is 67.2 Å². The van der Waals surface area contributed by atoms with Gasteiger partial charge in [-0.25, -0.2) is 18.7 Å². The van der Waals surface area contributed by atoms with Gasteiger partial charge in [-0.3, -0.25) is 0 Å². The van der Waals surface area contributed by atoms with Gasteiger partial charge in [-0.05, 0) is 86.1 Å². The molecule has 0 aliphatic rings. The lowest BCUT2D eigenvalue weighted by molar-refractivity contribution is 0.556. The molecule has 0 N–H and O–H groups in total. The number of hydrogen-bond donors (Lipinski definition) is 0. The number of halogens is 2. The zero-order chi connectivity index (χ0) is 34.4. The highest BCUT2D eigenvalue weighted by Crippen LogP contribution is 2.47. The third-order valence-corrected chi connectivity index (χ3v) is 12.4. The number of fused-ring (bicyclic) bond motifs is 2. The zero-order valence-corrected chi connectivity index (χ0v) is 31.0. The minimum Gasteiger partial charge on any atom is -0.249 e. The zero-order valence-electron chi connectivity index (χ0n) is 28.5. The Morgan fingerprint density at radius 2 is 0.980 bits per heavy atom. The van der Waals surface area contributed by atoms with Gasteiger partial charge in [-0.15, -0.1) is 22.7 Å². The predicted molar refractivity (Wildman–Crippen MR) is 204 cm³/mol. The van der Waals surface area contributed by atoms with Crippen LogP contribution in [-0.2, 0) is 12.8 Å². The molecule has 4 nitrogen and oxygen atoms in total. The first-order valence-electron chi connectivity index (χ1n) is 16.9. The van der Waals surface area contributed by atoms with Gasteiger partial charge in [0.25, 0.3) is 0 Å². The van der Waals surface area contributed by atoms with E-state index in [0.717, 1.165) is 113 Å². The Bertz CT molecular complexity index is 2160. The molecule has 9 heteroatoms. The molecule has 49 heavy (non-hydrogen) atoms. The van der Waals surface area contributed by atoms with Crippen molar-refractivity contribution in [2.24, 2.45) is 11.8 Å². The molecule has 2 unspecified atom stereocenters. The monoisotopic (exact) mass is 708 g/mol. The Labute approximate surface area is 298 Å². The summed E-state index contributed by atoms with van der Waals surface area (Å²) >= 11 is 4.19. The van der Waals surface area contributed by atoms with Crippen LogP contribution >= 0.6 is 34.4 Å². The van der Waals surface area contributed by atoms with Crippen LogP contribution in [0.5, 0.6) is 0 Å². The summed E-state index contributed by atoms with van der Waals surface area (Å²) in [6.45, 7) is 12.6. The normalized spacial score (nSPS) is 13.1. The topological polar surface area (TPSA) is 51.6 Å². The molecule has 0 spiro atoms. The Morgan fingerprint density at radius 3 is 1.37 bits per heavy atom. The summed E-state index contributed by atoms with van der Waals surface area (Å²) in [6.07, 6.45) is 3.84. The van der Waals surface area contributed by atoms with Gasteiger partial charge in [0.05, 0.1) is 23.1 Å². The van der Waals surface area contributed by atoms with Crippen molar-refractivity contribution in [3.8, 4) is 41.8 Å². The molecule has 7 rings (SSSR count). The molecule has 2 atom stereocenters. The van der Waals surface area contributed by atoms with E-state index in [2.05, 4.69) is 27.7 Å². The van der Waals surface area contributed by atoms with Gasteiger partial charge in [0, 0.05) is 41.8 Å². The van der Waals surface area contributed by atoms with Gasteiger partial charge < -0.3 is 0 Å². The van der Waals surface area contributed by atoms with E-state index in [-0.39, 0.29) is 11.6 Å². The summed E-state index contributed by atoms with van der Waals surface area (Å²) in [7, 11) is 0. The lowest BCUT2D eigenvalue weighted by Gasteiger charge is -2.12. The second-order valence-corrected chi connectivity index (χ2v) is 15.9. The summed E-state index contributed by atoms with van der Waals surface area (Å²) < 4.78 is 40.5. The number of thiophene rings is 2. The van der Waals surface area contributed by atoms with Gasteiger partial charge in [-0.1, -0.05) is 64.8 Å². The molecule has 0 saturated heterocycles. The molecule has 0 saturated carbocycles. The van der Waals surface area contributed by atoms with E-state index in [9.17, 15) is 0 Å². The number of nitrogens with zero attached hydrogens (tertiary/aromatic N) is 4. The molecule has 4 aromatic heterocycles. The van der Waals surface area contributed by atoms with Crippen LogP contribution in [0.4, 0.5) is 8.78 Å². The second kappa shape index (κ2) is 13.8. The molecule has 0 aliphatic heterocycles. The van der Waals surface area contributed by atoms with E-state index in [1.54, 1.807) is 12.1 Å². The maximum Gasteiger partial charge on any atom is 0.132 e. The first-order valence-corrected chi connectivity index (χ1v) is 19.2. The van der Waals surface area contributed by atoms with Crippen molar-refractivity contribution in [1.82, 2.24) is 18.7 Å². The maximum atomic E-state index is 15.5.